The van der Waals surface area contributed by atoms with E-state index in [2.05, 4.69) is 4.84 Å². The van der Waals surface area contributed by atoms with E-state index >= 15 is 0 Å². The molecule has 0 bridgehead atoms. The molecule has 0 amide bonds. The molecule has 3 rings (SSSR count). The largest absolute Gasteiger partial charge is 0.452 e. The van der Waals surface area contributed by atoms with Crippen molar-refractivity contribution >= 4 is 5.97 Å². The van der Waals surface area contributed by atoms with Gasteiger partial charge in [0, 0.05) is 5.56 Å². The van der Waals surface area contributed by atoms with Crippen LogP contribution in [0.4, 0.5) is 0 Å². The second-order valence-electron chi connectivity index (χ2n) is 6.53. The molecule has 2 aliphatic rings. The summed E-state index contributed by atoms with van der Waals surface area (Å²) in [6.45, 7) is 5.36. The summed E-state index contributed by atoms with van der Waals surface area (Å²) in [6.07, 6.45) is -0.864. The van der Waals surface area contributed by atoms with Crippen LogP contribution in [0.25, 0.3) is 0 Å². The summed E-state index contributed by atoms with van der Waals surface area (Å²) in [5.41, 5.74) is 3.01. The summed E-state index contributed by atoms with van der Waals surface area (Å²) in [5, 5.41) is 19.9. The van der Waals surface area contributed by atoms with E-state index in [4.69, 9.17) is 4.74 Å². The van der Waals surface area contributed by atoms with Gasteiger partial charge in [0.05, 0.1) is 11.7 Å². The Kier molecular flexibility index (Phi) is 3.14. The van der Waals surface area contributed by atoms with E-state index in [1.807, 2.05) is 19.9 Å². The highest BCUT2D eigenvalue weighted by atomic mass is 17.0. The number of carbonyl (C=O) groups is 1. The Labute approximate surface area is 126 Å². The quantitative estimate of drug-likeness (QED) is 0.521. The summed E-state index contributed by atoms with van der Waals surface area (Å²) < 4.78 is 5.24. The molecule has 1 aromatic carbocycles. The number of esters is 1. The normalized spacial score (nSPS) is 24.6. The van der Waals surface area contributed by atoms with E-state index in [0.29, 0.717) is 17.5 Å². The van der Waals surface area contributed by atoms with Crippen molar-refractivity contribution in [1.82, 2.24) is 0 Å². The van der Waals surface area contributed by atoms with Gasteiger partial charge in [0.25, 0.3) is 5.09 Å². The number of carbonyl (C=O) groups excluding carboxylic acids is 1. The molecule has 1 unspecified atom stereocenters. The van der Waals surface area contributed by atoms with E-state index in [0.717, 1.165) is 16.7 Å². The molecule has 0 spiro atoms. The molecule has 1 N–H and O–H groups in total. The number of aryl methyl sites for hydroxylation is 1. The highest BCUT2D eigenvalue weighted by Crippen LogP contribution is 2.50. The second-order valence-corrected chi connectivity index (χ2v) is 6.53. The molecule has 0 saturated carbocycles. The van der Waals surface area contributed by atoms with Crippen molar-refractivity contribution in [2.75, 3.05) is 6.61 Å². The third-order valence-electron chi connectivity index (χ3n) is 4.49. The molecule has 1 aromatic rings. The van der Waals surface area contributed by atoms with E-state index in [9.17, 15) is 20.0 Å². The van der Waals surface area contributed by atoms with Crippen LogP contribution in [-0.2, 0) is 16.0 Å². The molecule has 22 heavy (non-hydrogen) atoms. The van der Waals surface area contributed by atoms with Crippen LogP contribution in [0.1, 0.15) is 58.7 Å². The number of nitrogens with zero attached hydrogens (tertiary/aromatic N) is 1. The number of rotatable bonds is 3. The van der Waals surface area contributed by atoms with Crippen LogP contribution in [0.15, 0.2) is 6.07 Å². The van der Waals surface area contributed by atoms with Gasteiger partial charge >= 0.3 is 5.97 Å². The number of aliphatic hydroxyl groups is 1. The van der Waals surface area contributed by atoms with Crippen molar-refractivity contribution in [3.05, 3.63) is 44.0 Å². The van der Waals surface area contributed by atoms with Crippen molar-refractivity contribution < 1.29 is 24.6 Å². The van der Waals surface area contributed by atoms with Gasteiger partial charge in [0.15, 0.2) is 6.10 Å². The van der Waals surface area contributed by atoms with E-state index in [1.165, 1.54) is 0 Å². The molecule has 1 aliphatic carbocycles. The molecule has 7 nitrogen and oxygen atoms in total. The number of fused-ring (bicyclic) bond motifs is 3. The summed E-state index contributed by atoms with van der Waals surface area (Å²) in [4.78, 5) is 26.9. The number of aliphatic hydroxyl groups excluding tert-OH is 1. The van der Waals surface area contributed by atoms with Gasteiger partial charge in [-0.05, 0) is 35.4 Å². The lowest BCUT2D eigenvalue weighted by molar-refractivity contribution is -0.759. The van der Waals surface area contributed by atoms with E-state index in [-0.39, 0.29) is 12.0 Å². The van der Waals surface area contributed by atoms with Crippen LogP contribution in [0, 0.1) is 22.5 Å². The molecular formula is C15H17NO6. The Bertz CT molecular complexity index is 681. The number of hydrogen-bond acceptors (Lipinski definition) is 6. The van der Waals surface area contributed by atoms with Gasteiger partial charge in [-0.15, -0.1) is 10.1 Å². The van der Waals surface area contributed by atoms with Gasteiger partial charge in [0.2, 0.25) is 0 Å². The summed E-state index contributed by atoms with van der Waals surface area (Å²) >= 11 is 0. The number of hydrogen-bond donors (Lipinski definition) is 1. The van der Waals surface area contributed by atoms with Gasteiger partial charge in [-0.2, -0.15) is 0 Å². The molecule has 0 aromatic heterocycles. The predicted octanol–water partition coefficient (Wildman–Crippen LogP) is 2.03. The lowest BCUT2D eigenvalue weighted by atomic mass is 9.87. The Morgan fingerprint density at radius 1 is 1.55 bits per heavy atom. The molecule has 0 fully saturated rings. The summed E-state index contributed by atoms with van der Waals surface area (Å²) in [5.74, 6) is -0.503. The monoisotopic (exact) mass is 307 g/mol. The molecule has 1 aliphatic heterocycles. The SMILES string of the molecule is Cc1cc2c(c3c1C(CO[N+](=O)[O-])OC3=O)CC(C)(C)[C@@H]2O. The predicted molar refractivity (Wildman–Crippen MR) is 74.7 cm³/mol. The number of benzene rings is 1. The van der Waals surface area contributed by atoms with Crippen LogP contribution in [-0.4, -0.2) is 22.8 Å². The van der Waals surface area contributed by atoms with Gasteiger partial charge in [-0.1, -0.05) is 19.9 Å². The zero-order chi connectivity index (χ0) is 16.2. The lowest BCUT2D eigenvalue weighted by Crippen LogP contribution is -2.17. The van der Waals surface area contributed by atoms with Crippen molar-refractivity contribution in [2.24, 2.45) is 5.41 Å². The lowest BCUT2D eigenvalue weighted by Gasteiger charge is -2.22. The van der Waals surface area contributed by atoms with Crippen LogP contribution in [0.3, 0.4) is 0 Å². The molecular weight excluding hydrogens is 290 g/mol. The number of ether oxygens (including phenoxy) is 1. The van der Waals surface area contributed by atoms with E-state index in [1.54, 1.807) is 6.92 Å². The van der Waals surface area contributed by atoms with Crippen molar-refractivity contribution in [1.29, 1.82) is 0 Å². The second kappa shape index (κ2) is 4.67. The first-order chi connectivity index (χ1) is 10.2. The average Bonchev–Trinajstić information content (AvgIpc) is 2.86. The first kappa shape index (κ1) is 14.8. The minimum atomic E-state index is -0.901. The van der Waals surface area contributed by atoms with Gasteiger partial charge in [-0.25, -0.2) is 4.79 Å². The molecule has 118 valence electrons. The standard InChI is InChI=1S/C15H17NO6/c1-7-4-8-9(5-15(2,3)13(8)17)12-11(7)10(22-14(12)18)6-21-16(19)20/h4,10,13,17H,5-6H2,1-3H3/t10?,13-/m1/s1. The molecule has 2 atom stereocenters. The fourth-order valence-corrected chi connectivity index (χ4v) is 3.45. The van der Waals surface area contributed by atoms with E-state index < -0.39 is 23.3 Å². The Hall–Kier alpha value is -2.15. The topological polar surface area (TPSA) is 98.9 Å². The van der Waals surface area contributed by atoms with Crippen molar-refractivity contribution in [2.45, 2.75) is 39.4 Å². The molecule has 0 radical (unpaired) electrons. The molecule has 7 heteroatoms. The van der Waals surface area contributed by atoms with Crippen LogP contribution < -0.4 is 0 Å². The summed E-state index contributed by atoms with van der Waals surface area (Å²) in [7, 11) is 0. The molecule has 1 heterocycles. The van der Waals surface area contributed by atoms with Crippen molar-refractivity contribution in [3.63, 3.8) is 0 Å². The highest BCUT2D eigenvalue weighted by Gasteiger charge is 2.45. The smallest absolute Gasteiger partial charge is 0.339 e. The number of cyclic esters (lactones) is 1. The maximum Gasteiger partial charge on any atom is 0.339 e. The zero-order valence-corrected chi connectivity index (χ0v) is 12.6. The average molecular weight is 307 g/mol. The van der Waals surface area contributed by atoms with Crippen LogP contribution in [0.2, 0.25) is 0 Å². The minimum Gasteiger partial charge on any atom is -0.452 e. The fourth-order valence-electron chi connectivity index (χ4n) is 3.45. The fraction of sp³-hybridized carbons (Fsp3) is 0.533. The minimum absolute atomic E-state index is 0.322. The Balaban J connectivity index is 2.08. The highest BCUT2D eigenvalue weighted by molar-refractivity contribution is 5.97. The maximum absolute atomic E-state index is 12.2. The Morgan fingerprint density at radius 3 is 2.86 bits per heavy atom. The van der Waals surface area contributed by atoms with Gasteiger partial charge in [-0.3, -0.25) is 0 Å². The first-order valence-corrected chi connectivity index (χ1v) is 7.05. The maximum atomic E-state index is 12.2. The Morgan fingerprint density at radius 2 is 2.23 bits per heavy atom. The first-order valence-electron chi connectivity index (χ1n) is 7.05. The van der Waals surface area contributed by atoms with Gasteiger partial charge < -0.3 is 14.7 Å². The third-order valence-corrected chi connectivity index (χ3v) is 4.49. The van der Waals surface area contributed by atoms with Crippen molar-refractivity contribution in [3.8, 4) is 0 Å². The van der Waals surface area contributed by atoms with Crippen LogP contribution in [0.5, 0.6) is 0 Å². The van der Waals surface area contributed by atoms with Gasteiger partial charge in [0.1, 0.15) is 6.61 Å². The summed E-state index contributed by atoms with van der Waals surface area (Å²) in [6, 6.07) is 1.84. The molecule has 0 saturated heterocycles. The third kappa shape index (κ3) is 2.04. The zero-order valence-electron chi connectivity index (χ0n) is 12.6. The van der Waals surface area contributed by atoms with Crippen LogP contribution >= 0.6 is 0 Å².